The number of nitrogens with zero attached hydrogens (tertiary/aromatic N) is 2. The predicted octanol–water partition coefficient (Wildman–Crippen LogP) is 2.87. The average Bonchev–Trinajstić information content (AvgIpc) is 2.73. The standard InChI is InChI=1S/C15H8Cl2N2O3/c16-8-5-11(17)13(18-6-8)12(20)7-19-14(21)9-3-1-2-4-10(9)15(19)22/h1-6H,7H2. The van der Waals surface area contributed by atoms with E-state index in [2.05, 4.69) is 4.98 Å². The molecule has 0 spiro atoms. The zero-order chi connectivity index (χ0) is 15.9. The van der Waals surface area contributed by atoms with Crippen LogP contribution < -0.4 is 0 Å². The normalized spacial score (nSPS) is 13.5. The van der Waals surface area contributed by atoms with Crippen molar-refractivity contribution in [2.75, 3.05) is 6.54 Å². The number of Topliss-reactive ketones (excluding diaryl/α,β-unsaturated/α-hetero) is 1. The number of amides is 2. The number of rotatable bonds is 3. The van der Waals surface area contributed by atoms with E-state index < -0.39 is 24.1 Å². The number of ketones is 1. The van der Waals surface area contributed by atoms with Gasteiger partial charge in [0.15, 0.2) is 0 Å². The van der Waals surface area contributed by atoms with Crippen molar-refractivity contribution in [1.82, 2.24) is 9.88 Å². The molecular weight excluding hydrogens is 327 g/mol. The smallest absolute Gasteiger partial charge is 0.261 e. The molecule has 2 aromatic rings. The number of halogens is 2. The summed E-state index contributed by atoms with van der Waals surface area (Å²) in [5.41, 5.74) is 0.550. The molecule has 0 saturated heterocycles. The van der Waals surface area contributed by atoms with Crippen molar-refractivity contribution in [2.45, 2.75) is 0 Å². The molecule has 0 aliphatic carbocycles. The second-order valence-corrected chi connectivity index (χ2v) is 5.49. The molecule has 0 N–H and O–H groups in total. The number of benzene rings is 1. The zero-order valence-corrected chi connectivity index (χ0v) is 12.6. The Morgan fingerprint density at radius 1 is 1.09 bits per heavy atom. The molecule has 1 aromatic carbocycles. The third-order valence-corrected chi connectivity index (χ3v) is 3.75. The van der Waals surface area contributed by atoms with Crippen LogP contribution in [0, 0.1) is 0 Å². The van der Waals surface area contributed by atoms with Crippen molar-refractivity contribution >= 4 is 40.8 Å². The minimum atomic E-state index is -0.531. The van der Waals surface area contributed by atoms with Crippen LogP contribution in [-0.4, -0.2) is 34.0 Å². The predicted molar refractivity (Wildman–Crippen MR) is 80.4 cm³/mol. The molecule has 0 bridgehead atoms. The third kappa shape index (κ3) is 2.38. The first-order valence-corrected chi connectivity index (χ1v) is 7.04. The maximum Gasteiger partial charge on any atom is 0.261 e. The molecule has 7 heteroatoms. The molecule has 0 saturated carbocycles. The fourth-order valence-electron chi connectivity index (χ4n) is 2.22. The molecule has 0 fully saturated rings. The molecule has 1 aromatic heterocycles. The molecule has 0 unspecified atom stereocenters. The number of fused-ring (bicyclic) bond motifs is 1. The summed E-state index contributed by atoms with van der Waals surface area (Å²) in [4.78, 5) is 41.4. The lowest BCUT2D eigenvalue weighted by Crippen LogP contribution is -2.35. The third-order valence-electron chi connectivity index (χ3n) is 3.25. The van der Waals surface area contributed by atoms with E-state index >= 15 is 0 Å². The minimum absolute atomic E-state index is 0.0253. The first-order chi connectivity index (χ1) is 10.5. The average molecular weight is 335 g/mol. The summed E-state index contributed by atoms with van der Waals surface area (Å²) in [6.45, 7) is -0.416. The van der Waals surface area contributed by atoms with Crippen molar-refractivity contribution in [3.8, 4) is 0 Å². The Kier molecular flexibility index (Phi) is 3.68. The topological polar surface area (TPSA) is 67.3 Å². The van der Waals surface area contributed by atoms with Gasteiger partial charge in [0.1, 0.15) is 5.69 Å². The SMILES string of the molecule is O=C(CN1C(=O)c2ccccc2C1=O)c1ncc(Cl)cc1Cl. The monoisotopic (exact) mass is 334 g/mol. The molecule has 22 heavy (non-hydrogen) atoms. The van der Waals surface area contributed by atoms with Gasteiger partial charge in [0.25, 0.3) is 11.8 Å². The van der Waals surface area contributed by atoms with Crippen LogP contribution in [0.3, 0.4) is 0 Å². The fraction of sp³-hybridized carbons (Fsp3) is 0.0667. The molecule has 1 aliphatic heterocycles. The van der Waals surface area contributed by atoms with Gasteiger partial charge in [0, 0.05) is 6.20 Å². The number of hydrogen-bond acceptors (Lipinski definition) is 4. The fourth-order valence-corrected chi connectivity index (χ4v) is 2.71. The molecule has 0 radical (unpaired) electrons. The second-order valence-electron chi connectivity index (χ2n) is 4.65. The molecule has 3 rings (SSSR count). The van der Waals surface area contributed by atoms with E-state index in [4.69, 9.17) is 23.2 Å². The van der Waals surface area contributed by atoms with Gasteiger partial charge >= 0.3 is 0 Å². The lowest BCUT2D eigenvalue weighted by Gasteiger charge is -2.12. The minimum Gasteiger partial charge on any atom is -0.290 e. The first kappa shape index (κ1) is 14.7. The van der Waals surface area contributed by atoms with Crippen molar-refractivity contribution < 1.29 is 14.4 Å². The van der Waals surface area contributed by atoms with Crippen LogP contribution in [0.15, 0.2) is 36.5 Å². The lowest BCUT2D eigenvalue weighted by molar-refractivity contribution is 0.0623. The molecule has 1 aliphatic rings. The quantitative estimate of drug-likeness (QED) is 0.639. The number of pyridine rings is 1. The maximum atomic E-state index is 12.2. The highest BCUT2D eigenvalue weighted by molar-refractivity contribution is 6.36. The highest BCUT2D eigenvalue weighted by Gasteiger charge is 2.36. The van der Waals surface area contributed by atoms with E-state index in [0.29, 0.717) is 5.02 Å². The van der Waals surface area contributed by atoms with Gasteiger partial charge in [-0.25, -0.2) is 4.98 Å². The zero-order valence-electron chi connectivity index (χ0n) is 11.0. The molecule has 0 atom stereocenters. The van der Waals surface area contributed by atoms with Gasteiger partial charge in [0.2, 0.25) is 5.78 Å². The number of carbonyl (C=O) groups is 3. The molecular formula is C15H8Cl2N2O3. The van der Waals surface area contributed by atoms with Gasteiger partial charge in [0.05, 0.1) is 27.7 Å². The van der Waals surface area contributed by atoms with E-state index in [-0.39, 0.29) is 21.8 Å². The van der Waals surface area contributed by atoms with Crippen LogP contribution in [0.1, 0.15) is 31.2 Å². The van der Waals surface area contributed by atoms with E-state index in [1.807, 2.05) is 0 Å². The summed E-state index contributed by atoms with van der Waals surface area (Å²) in [5, 5.41) is 0.372. The summed E-state index contributed by atoms with van der Waals surface area (Å²) < 4.78 is 0. The number of imide groups is 1. The van der Waals surface area contributed by atoms with Crippen molar-refractivity contribution in [3.05, 3.63) is 63.4 Å². The molecule has 2 heterocycles. The number of carbonyl (C=O) groups excluding carboxylic acids is 3. The van der Waals surface area contributed by atoms with Gasteiger partial charge in [-0.3, -0.25) is 19.3 Å². The lowest BCUT2D eigenvalue weighted by atomic mass is 10.1. The second kappa shape index (κ2) is 5.51. The maximum absolute atomic E-state index is 12.2. The molecule has 110 valence electrons. The summed E-state index contributed by atoms with van der Waals surface area (Å²) in [5.74, 6) is -1.53. The van der Waals surface area contributed by atoms with E-state index in [1.54, 1.807) is 24.3 Å². The Bertz CT molecular complexity index is 785. The summed E-state index contributed by atoms with van der Waals surface area (Å²) in [7, 11) is 0. The van der Waals surface area contributed by atoms with Crippen LogP contribution in [0.25, 0.3) is 0 Å². The highest BCUT2D eigenvalue weighted by atomic mass is 35.5. The van der Waals surface area contributed by atoms with Gasteiger partial charge in [-0.2, -0.15) is 0 Å². The molecule has 5 nitrogen and oxygen atoms in total. The van der Waals surface area contributed by atoms with Crippen molar-refractivity contribution in [2.24, 2.45) is 0 Å². The Hall–Kier alpha value is -2.24. The Morgan fingerprint density at radius 3 is 2.23 bits per heavy atom. The van der Waals surface area contributed by atoms with Gasteiger partial charge in [-0.05, 0) is 18.2 Å². The van der Waals surface area contributed by atoms with Crippen LogP contribution in [0.4, 0.5) is 0 Å². The summed E-state index contributed by atoms with van der Waals surface area (Å²) in [6.07, 6.45) is 1.28. The van der Waals surface area contributed by atoms with Crippen LogP contribution in [0.5, 0.6) is 0 Å². The first-order valence-electron chi connectivity index (χ1n) is 6.28. The van der Waals surface area contributed by atoms with Gasteiger partial charge in [-0.1, -0.05) is 35.3 Å². The number of hydrogen-bond donors (Lipinski definition) is 0. The van der Waals surface area contributed by atoms with Crippen LogP contribution >= 0.6 is 23.2 Å². The highest BCUT2D eigenvalue weighted by Crippen LogP contribution is 2.24. The van der Waals surface area contributed by atoms with E-state index in [1.165, 1.54) is 12.3 Å². The van der Waals surface area contributed by atoms with Crippen LogP contribution in [0.2, 0.25) is 10.0 Å². The Morgan fingerprint density at radius 2 is 1.68 bits per heavy atom. The van der Waals surface area contributed by atoms with E-state index in [0.717, 1.165) is 4.90 Å². The Balaban J connectivity index is 1.87. The van der Waals surface area contributed by atoms with Crippen LogP contribution in [-0.2, 0) is 0 Å². The van der Waals surface area contributed by atoms with E-state index in [9.17, 15) is 14.4 Å². The van der Waals surface area contributed by atoms with Gasteiger partial charge < -0.3 is 0 Å². The van der Waals surface area contributed by atoms with Crippen molar-refractivity contribution in [1.29, 1.82) is 0 Å². The summed E-state index contributed by atoms with van der Waals surface area (Å²) in [6, 6.07) is 7.80. The largest absolute Gasteiger partial charge is 0.290 e. The Labute approximate surface area is 135 Å². The summed E-state index contributed by atoms with van der Waals surface area (Å²) >= 11 is 11.6. The van der Waals surface area contributed by atoms with Gasteiger partial charge in [-0.15, -0.1) is 0 Å². The molecule has 2 amide bonds. The van der Waals surface area contributed by atoms with Crippen molar-refractivity contribution in [3.63, 3.8) is 0 Å². The number of aromatic nitrogens is 1.